The smallest absolute Gasteiger partial charge is 0.233 e. The van der Waals surface area contributed by atoms with Gasteiger partial charge in [-0.05, 0) is 44.4 Å². The van der Waals surface area contributed by atoms with E-state index in [4.69, 9.17) is 5.73 Å². The summed E-state index contributed by atoms with van der Waals surface area (Å²) in [5, 5.41) is 8.83. The Bertz CT molecular complexity index is 534. The fourth-order valence-electron chi connectivity index (χ4n) is 3.12. The van der Waals surface area contributed by atoms with Gasteiger partial charge in [0.1, 0.15) is 0 Å². The van der Waals surface area contributed by atoms with Crippen LogP contribution < -0.4 is 5.73 Å². The Balaban J connectivity index is 1.53. The van der Waals surface area contributed by atoms with Gasteiger partial charge in [0.05, 0.1) is 5.75 Å². The third-order valence-corrected chi connectivity index (χ3v) is 5.78. The molecule has 1 heterocycles. The Kier molecular flexibility index (Phi) is 4.61. The van der Waals surface area contributed by atoms with Gasteiger partial charge in [0.2, 0.25) is 11.9 Å². The molecule has 0 unspecified atom stereocenters. The number of carbonyl (C=O) groups is 1. The molecule has 0 radical (unpaired) electrons. The van der Waals surface area contributed by atoms with Gasteiger partial charge in [-0.3, -0.25) is 9.36 Å². The van der Waals surface area contributed by atoms with Crippen LogP contribution in [0, 0.1) is 5.92 Å². The molecular formula is C15H25N5OS. The van der Waals surface area contributed by atoms with Gasteiger partial charge in [0.25, 0.3) is 0 Å². The summed E-state index contributed by atoms with van der Waals surface area (Å²) in [6, 6.07) is 0.834. The first kappa shape index (κ1) is 15.6. The van der Waals surface area contributed by atoms with Crippen LogP contribution in [-0.2, 0) is 4.79 Å². The Hall–Kier alpha value is -1.24. The number of thioether (sulfide) groups is 1. The molecule has 2 N–H and O–H groups in total. The molecule has 0 bridgehead atoms. The predicted octanol–water partition coefficient (Wildman–Crippen LogP) is 2.32. The van der Waals surface area contributed by atoms with Crippen molar-refractivity contribution in [3.05, 3.63) is 0 Å². The Morgan fingerprint density at radius 1 is 1.27 bits per heavy atom. The van der Waals surface area contributed by atoms with E-state index in [0.29, 0.717) is 23.8 Å². The number of nitrogen functional groups attached to an aromatic ring is 1. The molecule has 3 rings (SSSR count). The Morgan fingerprint density at radius 3 is 2.59 bits per heavy atom. The summed E-state index contributed by atoms with van der Waals surface area (Å²) >= 11 is 1.46. The number of nitrogens with zero attached hydrogens (tertiary/aromatic N) is 4. The average molecular weight is 323 g/mol. The third kappa shape index (κ3) is 3.39. The van der Waals surface area contributed by atoms with Gasteiger partial charge in [-0.2, -0.15) is 0 Å². The first-order chi connectivity index (χ1) is 10.6. The number of amides is 1. The topological polar surface area (TPSA) is 77.0 Å². The second-order valence-corrected chi connectivity index (χ2v) is 7.59. The molecule has 7 heteroatoms. The van der Waals surface area contributed by atoms with Crippen molar-refractivity contribution in [2.24, 2.45) is 5.92 Å². The van der Waals surface area contributed by atoms with E-state index in [1.807, 2.05) is 16.5 Å². The van der Waals surface area contributed by atoms with Crippen molar-refractivity contribution in [1.82, 2.24) is 19.7 Å². The summed E-state index contributed by atoms with van der Waals surface area (Å²) in [7, 11) is 1.93. The molecule has 0 saturated heterocycles. The zero-order valence-electron chi connectivity index (χ0n) is 13.4. The van der Waals surface area contributed by atoms with Crippen molar-refractivity contribution < 1.29 is 4.79 Å². The highest BCUT2D eigenvalue weighted by molar-refractivity contribution is 7.99. The lowest BCUT2D eigenvalue weighted by molar-refractivity contribution is -0.129. The number of anilines is 1. The van der Waals surface area contributed by atoms with Crippen LogP contribution >= 0.6 is 11.8 Å². The average Bonchev–Trinajstić information content (AvgIpc) is 3.28. The maximum atomic E-state index is 12.4. The number of hydrogen-bond donors (Lipinski definition) is 1. The SMILES string of the molecule is CC1CCC(N(C)C(=O)CSc2nnc(N)n2C2CC2)CC1. The largest absolute Gasteiger partial charge is 0.368 e. The van der Waals surface area contributed by atoms with Gasteiger partial charge in [-0.15, -0.1) is 10.2 Å². The molecule has 1 amide bonds. The van der Waals surface area contributed by atoms with Crippen LogP contribution in [-0.4, -0.2) is 44.4 Å². The zero-order valence-corrected chi connectivity index (χ0v) is 14.2. The van der Waals surface area contributed by atoms with Crippen molar-refractivity contribution in [2.75, 3.05) is 18.5 Å². The molecule has 0 spiro atoms. The second-order valence-electron chi connectivity index (χ2n) is 6.65. The third-order valence-electron chi connectivity index (χ3n) is 4.85. The summed E-state index contributed by atoms with van der Waals surface area (Å²) < 4.78 is 1.97. The van der Waals surface area contributed by atoms with E-state index in [9.17, 15) is 4.79 Å². The molecule has 2 aliphatic rings. The Labute approximate surface area is 135 Å². The lowest BCUT2D eigenvalue weighted by Gasteiger charge is -2.33. The molecule has 0 aliphatic heterocycles. The van der Waals surface area contributed by atoms with Crippen molar-refractivity contribution >= 4 is 23.6 Å². The quantitative estimate of drug-likeness (QED) is 0.842. The van der Waals surface area contributed by atoms with Gasteiger partial charge in [-0.1, -0.05) is 18.7 Å². The second kappa shape index (κ2) is 6.48. The van der Waals surface area contributed by atoms with E-state index < -0.39 is 0 Å². The highest BCUT2D eigenvalue weighted by atomic mass is 32.2. The molecule has 2 saturated carbocycles. The summed E-state index contributed by atoms with van der Waals surface area (Å²) in [6.45, 7) is 2.29. The predicted molar refractivity (Wildman–Crippen MR) is 87.6 cm³/mol. The Morgan fingerprint density at radius 2 is 1.95 bits per heavy atom. The van der Waals surface area contributed by atoms with Crippen LogP contribution in [0.2, 0.25) is 0 Å². The normalized spacial score (nSPS) is 25.2. The van der Waals surface area contributed by atoms with Crippen LogP contribution in [0.15, 0.2) is 5.16 Å². The summed E-state index contributed by atoms with van der Waals surface area (Å²) in [6.07, 6.45) is 6.95. The maximum absolute atomic E-state index is 12.4. The van der Waals surface area contributed by atoms with Crippen LogP contribution in [0.3, 0.4) is 0 Å². The van der Waals surface area contributed by atoms with Gasteiger partial charge < -0.3 is 10.6 Å². The standard InChI is InChI=1S/C15H25N5OS/c1-10-3-5-11(6-4-10)19(2)13(21)9-22-15-18-17-14(16)20(15)12-7-8-12/h10-12H,3-9H2,1-2H3,(H2,16,17). The van der Waals surface area contributed by atoms with Crippen LogP contribution in [0.1, 0.15) is 51.5 Å². The first-order valence-corrected chi connectivity index (χ1v) is 9.13. The van der Waals surface area contributed by atoms with Gasteiger partial charge in [0.15, 0.2) is 5.16 Å². The minimum absolute atomic E-state index is 0.175. The molecule has 6 nitrogen and oxygen atoms in total. The number of rotatable bonds is 5. The number of hydrogen-bond acceptors (Lipinski definition) is 5. The van der Waals surface area contributed by atoms with E-state index in [1.54, 1.807) is 0 Å². The van der Waals surface area contributed by atoms with E-state index >= 15 is 0 Å². The monoisotopic (exact) mass is 323 g/mol. The molecule has 1 aromatic rings. The minimum atomic E-state index is 0.175. The number of nitrogens with two attached hydrogens (primary N) is 1. The van der Waals surface area contributed by atoms with Crippen molar-refractivity contribution in [3.8, 4) is 0 Å². The van der Waals surface area contributed by atoms with E-state index in [2.05, 4.69) is 17.1 Å². The number of aromatic nitrogens is 3. The van der Waals surface area contributed by atoms with Crippen LogP contribution in [0.5, 0.6) is 0 Å². The lowest BCUT2D eigenvalue weighted by atomic mass is 9.87. The lowest BCUT2D eigenvalue weighted by Crippen LogP contribution is -2.40. The summed E-state index contributed by atoms with van der Waals surface area (Å²) in [4.78, 5) is 14.3. The van der Waals surface area contributed by atoms with Crippen molar-refractivity contribution in [3.63, 3.8) is 0 Å². The highest BCUT2D eigenvalue weighted by Gasteiger charge is 2.30. The van der Waals surface area contributed by atoms with Gasteiger partial charge in [0, 0.05) is 19.1 Å². The minimum Gasteiger partial charge on any atom is -0.368 e. The summed E-state index contributed by atoms with van der Waals surface area (Å²) in [5.41, 5.74) is 5.86. The summed E-state index contributed by atoms with van der Waals surface area (Å²) in [5.74, 6) is 1.85. The van der Waals surface area contributed by atoms with E-state index in [-0.39, 0.29) is 5.91 Å². The van der Waals surface area contributed by atoms with Crippen molar-refractivity contribution in [2.45, 2.75) is 62.7 Å². The highest BCUT2D eigenvalue weighted by Crippen LogP contribution is 2.39. The maximum Gasteiger partial charge on any atom is 0.233 e. The molecule has 1 aromatic heterocycles. The molecule has 0 atom stereocenters. The molecule has 2 fully saturated rings. The molecule has 2 aliphatic carbocycles. The molecular weight excluding hydrogens is 298 g/mol. The number of carbonyl (C=O) groups excluding carboxylic acids is 1. The van der Waals surface area contributed by atoms with E-state index in [0.717, 1.165) is 36.8 Å². The first-order valence-electron chi connectivity index (χ1n) is 8.15. The zero-order chi connectivity index (χ0) is 15.7. The van der Waals surface area contributed by atoms with Gasteiger partial charge >= 0.3 is 0 Å². The molecule has 122 valence electrons. The fraction of sp³-hybridized carbons (Fsp3) is 0.800. The van der Waals surface area contributed by atoms with Gasteiger partial charge in [-0.25, -0.2) is 0 Å². The van der Waals surface area contributed by atoms with Crippen LogP contribution in [0.4, 0.5) is 5.95 Å². The fourth-order valence-corrected chi connectivity index (χ4v) is 4.06. The van der Waals surface area contributed by atoms with Crippen molar-refractivity contribution in [1.29, 1.82) is 0 Å². The molecule has 0 aromatic carbocycles. The van der Waals surface area contributed by atoms with E-state index in [1.165, 1.54) is 24.6 Å². The van der Waals surface area contributed by atoms with Crippen LogP contribution in [0.25, 0.3) is 0 Å². The molecule has 22 heavy (non-hydrogen) atoms.